The first-order valence-electron chi connectivity index (χ1n) is 4.25. The normalized spacial score (nSPS) is 16.0. The van der Waals surface area contributed by atoms with Crippen LogP contribution in [0.3, 0.4) is 0 Å². The van der Waals surface area contributed by atoms with Gasteiger partial charge in [0.2, 0.25) is 0 Å². The number of hydrogen-bond acceptors (Lipinski definition) is 4. The van der Waals surface area contributed by atoms with Gasteiger partial charge in [0.1, 0.15) is 16.8 Å². The third kappa shape index (κ3) is 1.83. The van der Waals surface area contributed by atoms with Gasteiger partial charge in [0.15, 0.2) is 0 Å². The molecule has 2 rings (SSSR count). The molecule has 1 fully saturated rings. The van der Waals surface area contributed by atoms with Crippen LogP contribution in [-0.2, 0) is 4.74 Å². The van der Waals surface area contributed by atoms with Crippen molar-refractivity contribution in [3.63, 3.8) is 0 Å². The largest absolute Gasteiger partial charge is 0.483 e. The van der Waals surface area contributed by atoms with E-state index in [2.05, 4.69) is 4.98 Å². The quantitative estimate of drug-likeness (QED) is 0.736. The van der Waals surface area contributed by atoms with Crippen LogP contribution in [0.2, 0.25) is 0 Å². The Hall–Kier alpha value is -1.20. The molecule has 1 aromatic heterocycles. The summed E-state index contributed by atoms with van der Waals surface area (Å²) in [7, 11) is 0. The monoisotopic (exact) mass is 210 g/mol. The van der Waals surface area contributed by atoms with Crippen molar-refractivity contribution in [2.24, 2.45) is 5.73 Å². The van der Waals surface area contributed by atoms with Gasteiger partial charge in [0, 0.05) is 6.20 Å². The van der Waals surface area contributed by atoms with Gasteiger partial charge in [-0.05, 0) is 6.07 Å². The number of nitrogens with two attached hydrogens (primary N) is 1. The maximum Gasteiger partial charge on any atom is 0.148 e. The van der Waals surface area contributed by atoms with E-state index >= 15 is 0 Å². The Morgan fingerprint density at radius 3 is 3.00 bits per heavy atom. The zero-order chi connectivity index (χ0) is 9.97. The first-order valence-corrected chi connectivity index (χ1v) is 4.66. The maximum atomic E-state index is 5.59. The van der Waals surface area contributed by atoms with Crippen LogP contribution < -0.4 is 10.5 Å². The van der Waals surface area contributed by atoms with E-state index in [0.29, 0.717) is 24.0 Å². The zero-order valence-electron chi connectivity index (χ0n) is 7.47. The average molecular weight is 210 g/mol. The Morgan fingerprint density at radius 1 is 1.64 bits per heavy atom. The van der Waals surface area contributed by atoms with Crippen LogP contribution in [0, 0.1) is 0 Å². The van der Waals surface area contributed by atoms with Gasteiger partial charge < -0.3 is 15.2 Å². The van der Waals surface area contributed by atoms with E-state index in [1.807, 2.05) is 0 Å². The van der Waals surface area contributed by atoms with Crippen molar-refractivity contribution in [3.05, 3.63) is 24.0 Å². The molecule has 0 spiro atoms. The molecule has 0 saturated carbocycles. The second-order valence-electron chi connectivity index (χ2n) is 3.01. The van der Waals surface area contributed by atoms with E-state index in [1.165, 1.54) is 0 Å². The SMILES string of the molecule is NC(=S)c1ccncc1OC1COC1. The number of thiocarbonyl (C=S) groups is 1. The summed E-state index contributed by atoms with van der Waals surface area (Å²) >= 11 is 4.90. The molecule has 0 aliphatic carbocycles. The fourth-order valence-corrected chi connectivity index (χ4v) is 1.31. The summed E-state index contributed by atoms with van der Waals surface area (Å²) < 4.78 is 10.6. The van der Waals surface area contributed by atoms with Gasteiger partial charge in [0.05, 0.1) is 25.0 Å². The predicted octanol–water partition coefficient (Wildman–Crippen LogP) is 0.493. The molecule has 0 unspecified atom stereocenters. The van der Waals surface area contributed by atoms with Crippen molar-refractivity contribution in [2.75, 3.05) is 13.2 Å². The molecule has 1 aromatic rings. The summed E-state index contributed by atoms with van der Waals surface area (Å²) in [6.07, 6.45) is 3.36. The van der Waals surface area contributed by atoms with Gasteiger partial charge in [0.25, 0.3) is 0 Å². The highest BCUT2D eigenvalue weighted by molar-refractivity contribution is 7.80. The van der Waals surface area contributed by atoms with Gasteiger partial charge in [-0.15, -0.1) is 0 Å². The fourth-order valence-electron chi connectivity index (χ4n) is 1.14. The van der Waals surface area contributed by atoms with Crippen LogP contribution in [0.1, 0.15) is 5.56 Å². The Balaban J connectivity index is 2.17. The minimum atomic E-state index is 0.104. The van der Waals surface area contributed by atoms with Crippen LogP contribution in [0.15, 0.2) is 18.5 Å². The standard InChI is InChI=1S/C9H10N2O2S/c10-9(14)7-1-2-11-3-8(7)13-6-4-12-5-6/h1-3,6H,4-5H2,(H2,10,14). The molecule has 4 nitrogen and oxygen atoms in total. The van der Waals surface area contributed by atoms with Crippen molar-refractivity contribution in [2.45, 2.75) is 6.10 Å². The first-order chi connectivity index (χ1) is 6.77. The summed E-state index contributed by atoms with van der Waals surface area (Å²) in [5.41, 5.74) is 6.27. The molecule has 5 heteroatoms. The molecule has 0 amide bonds. The lowest BCUT2D eigenvalue weighted by Gasteiger charge is -2.27. The number of ether oxygens (including phenoxy) is 2. The fraction of sp³-hybridized carbons (Fsp3) is 0.333. The van der Waals surface area contributed by atoms with E-state index in [4.69, 9.17) is 27.4 Å². The molecule has 1 aliphatic rings. The van der Waals surface area contributed by atoms with Crippen molar-refractivity contribution in [1.29, 1.82) is 0 Å². The molecule has 2 N–H and O–H groups in total. The van der Waals surface area contributed by atoms with Crippen molar-refractivity contribution in [3.8, 4) is 5.75 Å². The molecule has 14 heavy (non-hydrogen) atoms. The molecule has 1 aliphatic heterocycles. The number of rotatable bonds is 3. The second-order valence-corrected chi connectivity index (χ2v) is 3.45. The lowest BCUT2D eigenvalue weighted by Crippen LogP contribution is -2.39. The van der Waals surface area contributed by atoms with Gasteiger partial charge in [-0.25, -0.2) is 0 Å². The van der Waals surface area contributed by atoms with Gasteiger partial charge in [-0.3, -0.25) is 4.98 Å². The maximum absolute atomic E-state index is 5.59. The molecule has 0 aromatic carbocycles. The molecule has 0 bridgehead atoms. The van der Waals surface area contributed by atoms with Crippen molar-refractivity contribution < 1.29 is 9.47 Å². The number of nitrogens with zero attached hydrogens (tertiary/aromatic N) is 1. The number of pyridine rings is 1. The Labute approximate surface area is 87.0 Å². The molecular weight excluding hydrogens is 200 g/mol. The molecule has 2 heterocycles. The zero-order valence-corrected chi connectivity index (χ0v) is 8.29. The Morgan fingerprint density at radius 2 is 2.43 bits per heavy atom. The summed E-state index contributed by atoms with van der Waals surface area (Å²) in [6, 6.07) is 1.75. The third-order valence-corrected chi connectivity index (χ3v) is 2.17. The smallest absolute Gasteiger partial charge is 0.148 e. The van der Waals surface area contributed by atoms with Gasteiger partial charge in [-0.2, -0.15) is 0 Å². The Kier molecular flexibility index (Phi) is 2.60. The van der Waals surface area contributed by atoms with E-state index in [1.54, 1.807) is 18.5 Å². The van der Waals surface area contributed by atoms with Crippen LogP contribution in [0.5, 0.6) is 5.75 Å². The molecule has 74 valence electrons. The van der Waals surface area contributed by atoms with Crippen LogP contribution in [0.25, 0.3) is 0 Å². The highest BCUT2D eigenvalue weighted by Crippen LogP contribution is 2.19. The highest BCUT2D eigenvalue weighted by atomic mass is 32.1. The Bertz CT molecular complexity index is 352. The van der Waals surface area contributed by atoms with Gasteiger partial charge in [-0.1, -0.05) is 12.2 Å². The van der Waals surface area contributed by atoms with E-state index < -0.39 is 0 Å². The average Bonchev–Trinajstić information content (AvgIpc) is 2.12. The van der Waals surface area contributed by atoms with E-state index in [0.717, 1.165) is 5.56 Å². The van der Waals surface area contributed by atoms with E-state index in [-0.39, 0.29) is 6.10 Å². The lowest BCUT2D eigenvalue weighted by atomic mass is 10.2. The lowest BCUT2D eigenvalue weighted by molar-refractivity contribution is -0.0798. The predicted molar refractivity (Wildman–Crippen MR) is 55.4 cm³/mol. The van der Waals surface area contributed by atoms with Crippen LogP contribution in [0.4, 0.5) is 0 Å². The van der Waals surface area contributed by atoms with Crippen molar-refractivity contribution in [1.82, 2.24) is 4.98 Å². The van der Waals surface area contributed by atoms with Crippen molar-refractivity contribution >= 4 is 17.2 Å². The summed E-state index contributed by atoms with van der Waals surface area (Å²) in [5, 5.41) is 0. The topological polar surface area (TPSA) is 57.4 Å². The summed E-state index contributed by atoms with van der Waals surface area (Å²) in [6.45, 7) is 1.23. The summed E-state index contributed by atoms with van der Waals surface area (Å²) in [4.78, 5) is 4.28. The number of aromatic nitrogens is 1. The third-order valence-electron chi connectivity index (χ3n) is 1.95. The molecule has 1 saturated heterocycles. The first kappa shape index (κ1) is 9.36. The van der Waals surface area contributed by atoms with Gasteiger partial charge >= 0.3 is 0 Å². The minimum absolute atomic E-state index is 0.104. The van der Waals surface area contributed by atoms with Crippen LogP contribution in [-0.4, -0.2) is 29.3 Å². The molecule has 0 atom stereocenters. The van der Waals surface area contributed by atoms with E-state index in [9.17, 15) is 0 Å². The minimum Gasteiger partial charge on any atom is -0.483 e. The summed E-state index contributed by atoms with van der Waals surface area (Å²) in [5.74, 6) is 0.633. The molecule has 0 radical (unpaired) electrons. The number of hydrogen-bond donors (Lipinski definition) is 1. The molecular formula is C9H10N2O2S. The van der Waals surface area contributed by atoms with Crippen LogP contribution >= 0.6 is 12.2 Å². The highest BCUT2D eigenvalue weighted by Gasteiger charge is 2.21. The second kappa shape index (κ2) is 3.89.